The Morgan fingerprint density at radius 2 is 1.34 bits per heavy atom. The SMILES string of the molecule is CCNC(=NCc1cc(OC)c(OC)c(OC)c1)NCCc1ccc(OC)c(OC)c1.I. The molecule has 0 spiro atoms. The zero-order chi connectivity index (χ0) is 22.6. The van der Waals surface area contributed by atoms with Gasteiger partial charge in [-0.3, -0.25) is 0 Å². The smallest absolute Gasteiger partial charge is 0.203 e. The first-order valence-corrected chi connectivity index (χ1v) is 10.1. The third-order valence-corrected chi connectivity index (χ3v) is 4.64. The van der Waals surface area contributed by atoms with Crippen LogP contribution in [0.3, 0.4) is 0 Å². The first-order chi connectivity index (χ1) is 15.1. The van der Waals surface area contributed by atoms with Gasteiger partial charge in [-0.05, 0) is 48.7 Å². The van der Waals surface area contributed by atoms with Gasteiger partial charge in [-0.2, -0.15) is 0 Å². The molecule has 2 aromatic rings. The molecule has 0 aliphatic heterocycles. The summed E-state index contributed by atoms with van der Waals surface area (Å²) in [4.78, 5) is 4.68. The average molecular weight is 559 g/mol. The van der Waals surface area contributed by atoms with Gasteiger partial charge in [-0.1, -0.05) is 6.07 Å². The van der Waals surface area contributed by atoms with E-state index in [-0.39, 0.29) is 24.0 Å². The van der Waals surface area contributed by atoms with E-state index in [2.05, 4.69) is 15.6 Å². The number of guanidine groups is 1. The highest BCUT2D eigenvalue weighted by molar-refractivity contribution is 14.0. The monoisotopic (exact) mass is 559 g/mol. The van der Waals surface area contributed by atoms with E-state index in [1.54, 1.807) is 35.5 Å². The van der Waals surface area contributed by atoms with E-state index in [1.165, 1.54) is 0 Å². The first kappa shape index (κ1) is 27.5. The van der Waals surface area contributed by atoms with Crippen LogP contribution in [-0.2, 0) is 13.0 Å². The fraction of sp³-hybridized carbons (Fsp3) is 0.435. The van der Waals surface area contributed by atoms with Crippen LogP contribution in [0.2, 0.25) is 0 Å². The highest BCUT2D eigenvalue weighted by Gasteiger charge is 2.13. The van der Waals surface area contributed by atoms with Crippen LogP contribution in [-0.4, -0.2) is 54.6 Å². The molecule has 0 aliphatic rings. The van der Waals surface area contributed by atoms with E-state index in [4.69, 9.17) is 23.7 Å². The van der Waals surface area contributed by atoms with Crippen LogP contribution in [0.5, 0.6) is 28.7 Å². The van der Waals surface area contributed by atoms with Gasteiger partial charge in [0.05, 0.1) is 42.1 Å². The minimum atomic E-state index is 0. The Bertz CT molecular complexity index is 852. The van der Waals surface area contributed by atoms with Crippen molar-refractivity contribution in [3.8, 4) is 28.7 Å². The fourth-order valence-electron chi connectivity index (χ4n) is 3.10. The molecule has 0 amide bonds. The highest BCUT2D eigenvalue weighted by atomic mass is 127. The van der Waals surface area contributed by atoms with Gasteiger partial charge in [0.25, 0.3) is 0 Å². The zero-order valence-electron chi connectivity index (χ0n) is 19.6. The second-order valence-corrected chi connectivity index (χ2v) is 6.59. The molecule has 32 heavy (non-hydrogen) atoms. The summed E-state index contributed by atoms with van der Waals surface area (Å²) in [5.74, 6) is 3.97. The number of aliphatic imine (C=N–C) groups is 1. The van der Waals surface area contributed by atoms with Gasteiger partial charge in [0, 0.05) is 13.1 Å². The summed E-state index contributed by atoms with van der Waals surface area (Å²) in [7, 11) is 8.06. The Kier molecular flexibility index (Phi) is 12.4. The quantitative estimate of drug-likeness (QED) is 0.247. The van der Waals surface area contributed by atoms with Crippen molar-refractivity contribution in [1.29, 1.82) is 0 Å². The maximum atomic E-state index is 5.42. The Hall–Kier alpha value is -2.56. The van der Waals surface area contributed by atoms with Gasteiger partial charge >= 0.3 is 0 Å². The lowest BCUT2D eigenvalue weighted by atomic mass is 10.1. The molecule has 0 radical (unpaired) electrons. The van der Waals surface area contributed by atoms with Gasteiger partial charge in [0.2, 0.25) is 5.75 Å². The van der Waals surface area contributed by atoms with E-state index >= 15 is 0 Å². The number of nitrogens with zero attached hydrogens (tertiary/aromatic N) is 1. The molecule has 0 aliphatic carbocycles. The minimum Gasteiger partial charge on any atom is -0.493 e. The van der Waals surface area contributed by atoms with Crippen LogP contribution in [0.1, 0.15) is 18.1 Å². The largest absolute Gasteiger partial charge is 0.493 e. The number of hydrogen-bond donors (Lipinski definition) is 2. The Morgan fingerprint density at radius 1 is 0.750 bits per heavy atom. The van der Waals surface area contributed by atoms with Gasteiger partial charge < -0.3 is 34.3 Å². The number of nitrogens with one attached hydrogen (secondary N) is 2. The number of methoxy groups -OCH3 is 5. The highest BCUT2D eigenvalue weighted by Crippen LogP contribution is 2.38. The molecule has 0 unspecified atom stereocenters. The van der Waals surface area contributed by atoms with Crippen molar-refractivity contribution in [1.82, 2.24) is 10.6 Å². The number of rotatable bonds is 11. The van der Waals surface area contributed by atoms with Crippen molar-refractivity contribution in [2.24, 2.45) is 4.99 Å². The van der Waals surface area contributed by atoms with Crippen LogP contribution in [0.15, 0.2) is 35.3 Å². The van der Waals surface area contributed by atoms with Crippen LogP contribution in [0.4, 0.5) is 0 Å². The molecular weight excluding hydrogens is 525 g/mol. The second kappa shape index (κ2) is 14.5. The summed E-state index contributed by atoms with van der Waals surface area (Å²) in [6, 6.07) is 9.73. The molecule has 2 aromatic carbocycles. The van der Waals surface area contributed by atoms with E-state index < -0.39 is 0 Å². The first-order valence-electron chi connectivity index (χ1n) is 10.1. The standard InChI is InChI=1S/C23H33N3O5.HI/c1-7-24-23(25-11-10-16-8-9-18(27-2)19(12-16)28-3)26-15-17-13-20(29-4)22(31-6)21(14-17)30-5;/h8-9,12-14H,7,10-11,15H2,1-6H3,(H2,24,25,26);1H. The molecule has 0 aromatic heterocycles. The Morgan fingerprint density at radius 3 is 1.88 bits per heavy atom. The molecular formula is C23H34IN3O5. The molecule has 0 saturated heterocycles. The van der Waals surface area contributed by atoms with Crippen LogP contribution in [0, 0.1) is 0 Å². The summed E-state index contributed by atoms with van der Waals surface area (Å²) < 4.78 is 26.9. The van der Waals surface area contributed by atoms with Crippen LogP contribution < -0.4 is 34.3 Å². The molecule has 0 atom stereocenters. The van der Waals surface area contributed by atoms with Crippen molar-refractivity contribution in [3.63, 3.8) is 0 Å². The van der Waals surface area contributed by atoms with Crippen LogP contribution >= 0.6 is 24.0 Å². The predicted octanol–water partition coefficient (Wildman–Crippen LogP) is 3.65. The molecule has 0 bridgehead atoms. The van der Waals surface area contributed by atoms with E-state index in [1.807, 2.05) is 37.3 Å². The number of benzene rings is 2. The fourth-order valence-corrected chi connectivity index (χ4v) is 3.10. The van der Waals surface area contributed by atoms with Gasteiger partial charge in [0.15, 0.2) is 29.0 Å². The Balaban J connectivity index is 0.00000512. The van der Waals surface area contributed by atoms with E-state index in [0.29, 0.717) is 23.8 Å². The maximum Gasteiger partial charge on any atom is 0.203 e. The Labute approximate surface area is 207 Å². The maximum absolute atomic E-state index is 5.42. The average Bonchev–Trinajstić information content (AvgIpc) is 2.81. The number of hydrogen-bond acceptors (Lipinski definition) is 6. The van der Waals surface area contributed by atoms with E-state index in [0.717, 1.165) is 48.1 Å². The van der Waals surface area contributed by atoms with Crippen molar-refractivity contribution < 1.29 is 23.7 Å². The minimum absolute atomic E-state index is 0. The molecule has 0 fully saturated rings. The number of ether oxygens (including phenoxy) is 5. The normalized spacial score (nSPS) is 10.6. The van der Waals surface area contributed by atoms with Crippen molar-refractivity contribution in [2.75, 3.05) is 48.6 Å². The zero-order valence-corrected chi connectivity index (χ0v) is 21.9. The third kappa shape index (κ3) is 7.54. The lowest BCUT2D eigenvalue weighted by molar-refractivity contribution is 0.324. The molecule has 8 nitrogen and oxygen atoms in total. The van der Waals surface area contributed by atoms with Gasteiger partial charge in [-0.25, -0.2) is 4.99 Å². The molecule has 0 heterocycles. The summed E-state index contributed by atoms with van der Waals surface area (Å²) in [5.41, 5.74) is 2.09. The summed E-state index contributed by atoms with van der Waals surface area (Å²) in [6.45, 7) is 3.97. The van der Waals surface area contributed by atoms with Gasteiger partial charge in [-0.15, -0.1) is 24.0 Å². The molecule has 178 valence electrons. The summed E-state index contributed by atoms with van der Waals surface area (Å²) >= 11 is 0. The summed E-state index contributed by atoms with van der Waals surface area (Å²) in [5, 5.41) is 6.63. The molecule has 9 heteroatoms. The number of halogens is 1. The van der Waals surface area contributed by atoms with Gasteiger partial charge in [0.1, 0.15) is 0 Å². The molecule has 2 N–H and O–H groups in total. The summed E-state index contributed by atoms with van der Waals surface area (Å²) in [6.07, 6.45) is 0.814. The van der Waals surface area contributed by atoms with E-state index in [9.17, 15) is 0 Å². The molecule has 2 rings (SSSR count). The van der Waals surface area contributed by atoms with Crippen molar-refractivity contribution >= 4 is 29.9 Å². The topological polar surface area (TPSA) is 82.6 Å². The molecule has 0 saturated carbocycles. The third-order valence-electron chi connectivity index (χ3n) is 4.64. The van der Waals surface area contributed by atoms with Crippen LogP contribution in [0.25, 0.3) is 0 Å². The lowest BCUT2D eigenvalue weighted by Crippen LogP contribution is -2.38. The predicted molar refractivity (Wildman–Crippen MR) is 138 cm³/mol. The van der Waals surface area contributed by atoms with Crippen molar-refractivity contribution in [3.05, 3.63) is 41.5 Å². The lowest BCUT2D eigenvalue weighted by Gasteiger charge is -2.15. The van der Waals surface area contributed by atoms with Crippen molar-refractivity contribution in [2.45, 2.75) is 19.9 Å². The second-order valence-electron chi connectivity index (χ2n) is 6.59.